The predicted molar refractivity (Wildman–Crippen MR) is 177 cm³/mol. The van der Waals surface area contributed by atoms with Crippen molar-refractivity contribution in [3.8, 4) is 17.6 Å². The molecule has 260 valence electrons. The second-order valence-corrected chi connectivity index (χ2v) is 13.0. The van der Waals surface area contributed by atoms with Crippen molar-refractivity contribution in [1.82, 2.24) is 14.1 Å². The molecule has 0 saturated carbocycles. The molecule has 3 aromatic carbocycles. The van der Waals surface area contributed by atoms with E-state index in [0.29, 0.717) is 0 Å². The molecule has 0 radical (unpaired) electrons. The Morgan fingerprint density at radius 2 is 1.78 bits per heavy atom. The van der Waals surface area contributed by atoms with Crippen molar-refractivity contribution in [2.24, 2.45) is 0 Å². The molecule has 4 aromatic rings. The van der Waals surface area contributed by atoms with E-state index in [1.165, 1.54) is 72.6 Å². The van der Waals surface area contributed by atoms with Crippen molar-refractivity contribution in [2.45, 2.75) is 18.9 Å². The summed E-state index contributed by atoms with van der Waals surface area (Å²) in [6.07, 6.45) is 5.18. The first-order chi connectivity index (χ1) is 23.7. The average molecular weight is 709 g/mol. The zero-order chi connectivity index (χ0) is 36.4. The number of alkyl halides is 2. The molecule has 12 nitrogen and oxygen atoms in total. The average Bonchev–Trinajstić information content (AvgIpc) is 3.52. The number of carbonyl (C=O) groups is 2. The predicted octanol–water partition coefficient (Wildman–Crippen LogP) is 5.30. The lowest BCUT2D eigenvalue weighted by Gasteiger charge is -2.33. The Labute approximate surface area is 286 Å². The molecule has 5 rings (SSSR count). The lowest BCUT2D eigenvalue weighted by Crippen LogP contribution is -2.43. The number of rotatable bonds is 11. The number of anilines is 2. The van der Waals surface area contributed by atoms with Crippen LogP contribution < -0.4 is 19.7 Å². The molecule has 1 aliphatic rings. The van der Waals surface area contributed by atoms with Gasteiger partial charge in [-0.05, 0) is 61.5 Å². The number of hydrogen-bond acceptors (Lipinski definition) is 8. The standard InChI is InChI=1S/C34H31F3N6O6S/c1-5-41(50(4,46)47)15-14-26-20-42(25-10-7-23(8-11-25)34(36,37)24-9-12-27(35)30(17-24)49-3)33(45)31-28(19-39-43(26)31)40-32(44)21-6-13-29(48-2)22(16-21)18-38/h6-17,19,26H,5,20H2,1-4H3,(H,40,44)/b15-14+/t26-/m1/s1. The summed E-state index contributed by atoms with van der Waals surface area (Å²) in [6, 6.07) is 13.1. The molecule has 0 saturated heterocycles. The van der Waals surface area contributed by atoms with Gasteiger partial charge in [-0.25, -0.2) is 17.5 Å². The number of aromatic nitrogens is 2. The maximum Gasteiger partial charge on any atom is 0.298 e. The van der Waals surface area contributed by atoms with Gasteiger partial charge in [0, 0.05) is 35.1 Å². The van der Waals surface area contributed by atoms with Crippen LogP contribution in [0.1, 0.15) is 50.5 Å². The van der Waals surface area contributed by atoms with Crippen LogP contribution in [0.3, 0.4) is 0 Å². The van der Waals surface area contributed by atoms with Gasteiger partial charge in [0.05, 0.1) is 50.5 Å². The van der Waals surface area contributed by atoms with Gasteiger partial charge in [-0.15, -0.1) is 0 Å². The third kappa shape index (κ3) is 6.85. The smallest absolute Gasteiger partial charge is 0.298 e. The van der Waals surface area contributed by atoms with E-state index < -0.39 is 50.7 Å². The van der Waals surface area contributed by atoms with Crippen molar-refractivity contribution in [2.75, 3.05) is 43.8 Å². The fourth-order valence-corrected chi connectivity index (χ4v) is 6.17. The Bertz CT molecular complexity index is 2130. The highest BCUT2D eigenvalue weighted by atomic mass is 32.2. The van der Waals surface area contributed by atoms with Crippen molar-refractivity contribution < 1.29 is 40.7 Å². The number of nitriles is 1. The number of ether oxygens (including phenoxy) is 2. The molecule has 50 heavy (non-hydrogen) atoms. The largest absolute Gasteiger partial charge is 0.495 e. The van der Waals surface area contributed by atoms with Crippen LogP contribution in [0.2, 0.25) is 0 Å². The summed E-state index contributed by atoms with van der Waals surface area (Å²) in [7, 11) is -1.07. The van der Waals surface area contributed by atoms with Crippen molar-refractivity contribution in [3.05, 3.63) is 113 Å². The maximum absolute atomic E-state index is 15.5. The number of sulfonamides is 1. The number of methoxy groups -OCH3 is 2. The Morgan fingerprint density at radius 1 is 1.10 bits per heavy atom. The van der Waals surface area contributed by atoms with E-state index >= 15 is 8.78 Å². The van der Waals surface area contributed by atoms with E-state index in [4.69, 9.17) is 9.47 Å². The Morgan fingerprint density at radius 3 is 2.40 bits per heavy atom. The second-order valence-electron chi connectivity index (χ2n) is 11.1. The summed E-state index contributed by atoms with van der Waals surface area (Å²) >= 11 is 0. The van der Waals surface area contributed by atoms with Crippen molar-refractivity contribution in [1.29, 1.82) is 5.26 Å². The van der Waals surface area contributed by atoms with Crippen molar-refractivity contribution >= 4 is 33.2 Å². The Hall–Kier alpha value is -5.82. The van der Waals surface area contributed by atoms with Crippen LogP contribution in [-0.2, 0) is 15.9 Å². The SMILES string of the molecule is CCN(/C=C/[C@@H]1CN(c2ccc(C(F)(F)c3ccc(F)c(OC)c3)cc2)C(=O)c2c(NC(=O)c3ccc(OC)c(C#N)c3)cnn21)S(C)(=O)=O. The van der Waals surface area contributed by atoms with Gasteiger partial charge in [0.25, 0.3) is 17.7 Å². The molecule has 0 fully saturated rings. The lowest BCUT2D eigenvalue weighted by atomic mass is 9.99. The number of carbonyl (C=O) groups excluding carboxylic acids is 2. The van der Waals surface area contributed by atoms with E-state index in [1.54, 1.807) is 6.92 Å². The van der Waals surface area contributed by atoms with Crippen LogP contribution >= 0.6 is 0 Å². The summed E-state index contributed by atoms with van der Waals surface area (Å²) in [6.45, 7) is 1.69. The summed E-state index contributed by atoms with van der Waals surface area (Å²) < 4.78 is 81.9. The molecule has 1 aromatic heterocycles. The first-order valence-corrected chi connectivity index (χ1v) is 16.8. The highest BCUT2D eigenvalue weighted by molar-refractivity contribution is 7.88. The molecule has 2 heterocycles. The molecule has 1 atom stereocenters. The second kappa shape index (κ2) is 14.0. The highest BCUT2D eigenvalue weighted by Gasteiger charge is 2.37. The number of amides is 2. The van der Waals surface area contributed by atoms with Gasteiger partial charge in [0.15, 0.2) is 17.3 Å². The third-order valence-corrected chi connectivity index (χ3v) is 9.26. The van der Waals surface area contributed by atoms with Gasteiger partial charge in [-0.3, -0.25) is 13.9 Å². The number of nitrogens with one attached hydrogen (secondary N) is 1. The monoisotopic (exact) mass is 708 g/mol. The summed E-state index contributed by atoms with van der Waals surface area (Å²) in [5, 5.41) is 16.4. The van der Waals surface area contributed by atoms with Crippen LogP contribution in [0.15, 0.2) is 79.1 Å². The van der Waals surface area contributed by atoms with E-state index in [2.05, 4.69) is 10.4 Å². The summed E-state index contributed by atoms with van der Waals surface area (Å²) in [5.74, 6) is -5.70. The topological polar surface area (TPSA) is 147 Å². The Balaban J connectivity index is 1.51. The van der Waals surface area contributed by atoms with Gasteiger partial charge in [-0.2, -0.15) is 19.1 Å². The van der Waals surface area contributed by atoms with Crippen LogP contribution in [0.4, 0.5) is 24.5 Å². The molecule has 0 unspecified atom stereocenters. The van der Waals surface area contributed by atoms with Crippen LogP contribution in [0.5, 0.6) is 11.5 Å². The minimum Gasteiger partial charge on any atom is -0.495 e. The fourth-order valence-electron chi connectivity index (χ4n) is 5.41. The first-order valence-electron chi connectivity index (χ1n) is 15.0. The summed E-state index contributed by atoms with van der Waals surface area (Å²) in [4.78, 5) is 28.6. The van der Waals surface area contributed by atoms with Crippen molar-refractivity contribution in [3.63, 3.8) is 0 Å². The quantitative estimate of drug-likeness (QED) is 0.221. The maximum atomic E-state index is 15.5. The molecule has 1 N–H and O–H groups in total. The number of halogens is 3. The zero-order valence-electron chi connectivity index (χ0n) is 27.2. The number of nitrogens with zero attached hydrogens (tertiary/aromatic N) is 5. The highest BCUT2D eigenvalue weighted by Crippen LogP contribution is 2.39. The van der Waals surface area contributed by atoms with Crippen LogP contribution in [-0.4, -0.2) is 67.9 Å². The molecule has 0 aliphatic carbocycles. The number of benzene rings is 3. The minimum atomic E-state index is -3.62. The number of hydrogen-bond donors (Lipinski definition) is 1. The Kier molecular flexibility index (Phi) is 9.91. The molecule has 16 heteroatoms. The molecular formula is C34H31F3N6O6S. The molecule has 2 amide bonds. The fraction of sp³-hybridized carbons (Fsp3) is 0.235. The van der Waals surface area contributed by atoms with Gasteiger partial charge < -0.3 is 19.7 Å². The van der Waals surface area contributed by atoms with E-state index in [1.807, 2.05) is 6.07 Å². The van der Waals surface area contributed by atoms with Gasteiger partial charge in [-0.1, -0.05) is 12.1 Å². The van der Waals surface area contributed by atoms with Gasteiger partial charge in [0.2, 0.25) is 10.0 Å². The normalized spacial score (nSPS) is 14.6. The van der Waals surface area contributed by atoms with E-state index in [-0.39, 0.29) is 52.8 Å². The zero-order valence-corrected chi connectivity index (χ0v) is 28.0. The first kappa shape index (κ1) is 35.5. The molecule has 0 bridgehead atoms. The molecular weight excluding hydrogens is 677 g/mol. The molecule has 1 aliphatic heterocycles. The number of fused-ring (bicyclic) bond motifs is 1. The van der Waals surface area contributed by atoms with E-state index in [0.717, 1.165) is 40.9 Å². The van der Waals surface area contributed by atoms with Gasteiger partial charge >= 0.3 is 0 Å². The lowest BCUT2D eigenvalue weighted by molar-refractivity contribution is 0.0425. The van der Waals surface area contributed by atoms with Gasteiger partial charge in [0.1, 0.15) is 11.8 Å². The van der Waals surface area contributed by atoms with Crippen LogP contribution in [0, 0.1) is 17.1 Å². The molecule has 0 spiro atoms. The minimum absolute atomic E-state index is 0.0151. The third-order valence-electron chi connectivity index (χ3n) is 8.02. The summed E-state index contributed by atoms with van der Waals surface area (Å²) in [5.41, 5.74) is -0.554. The van der Waals surface area contributed by atoms with E-state index in [9.17, 15) is 27.7 Å². The van der Waals surface area contributed by atoms with Crippen LogP contribution in [0.25, 0.3) is 0 Å².